The summed E-state index contributed by atoms with van der Waals surface area (Å²) in [6, 6.07) is 9.61. The van der Waals surface area contributed by atoms with Gasteiger partial charge < -0.3 is 0 Å². The normalized spacial score (nSPS) is 24.9. The van der Waals surface area contributed by atoms with Gasteiger partial charge in [-0.05, 0) is 41.7 Å². The lowest BCUT2D eigenvalue weighted by Gasteiger charge is -2.47. The second kappa shape index (κ2) is 7.56. The molecule has 0 aromatic heterocycles. The average Bonchev–Trinajstić information content (AvgIpc) is 2.65. The van der Waals surface area contributed by atoms with Crippen LogP contribution in [-0.4, -0.2) is 18.0 Å². The zero-order valence-electron chi connectivity index (χ0n) is 16.9. The Morgan fingerprint density at radius 1 is 0.688 bits per heavy atom. The molecule has 0 amide bonds. The predicted molar refractivity (Wildman–Crippen MR) is 100 cm³/mol. The van der Waals surface area contributed by atoms with Crippen LogP contribution in [0.3, 0.4) is 0 Å². The van der Waals surface area contributed by atoms with Crippen LogP contribution in [0.15, 0.2) is 60.2 Å². The molecule has 0 nitrogen and oxygen atoms in total. The maximum atomic E-state index is 15.1. The summed E-state index contributed by atoms with van der Waals surface area (Å²) in [4.78, 5) is 0. The van der Waals surface area contributed by atoms with E-state index in [1.807, 2.05) is 0 Å². The average molecular weight is 465 g/mol. The van der Waals surface area contributed by atoms with Gasteiger partial charge in [0.15, 0.2) is 0 Å². The monoisotopic (exact) mass is 465 g/mol. The summed E-state index contributed by atoms with van der Waals surface area (Å²) in [7, 11) is 0. The van der Waals surface area contributed by atoms with E-state index < -0.39 is 52.5 Å². The highest BCUT2D eigenvalue weighted by molar-refractivity contribution is 5.49. The fraction of sp³-hybridized carbons (Fsp3) is 0.348. The van der Waals surface area contributed by atoms with Crippen LogP contribution in [0.4, 0.5) is 39.5 Å². The van der Waals surface area contributed by atoms with Crippen molar-refractivity contribution >= 4 is 0 Å². The van der Waals surface area contributed by atoms with Gasteiger partial charge in [0.25, 0.3) is 0 Å². The number of allylic oxidation sites excluding steroid dienone is 2. The number of hydrogen-bond donors (Lipinski definition) is 0. The minimum absolute atomic E-state index is 0.236. The molecule has 173 valence electrons. The molecule has 2 aromatic carbocycles. The van der Waals surface area contributed by atoms with Crippen LogP contribution in [0.2, 0.25) is 0 Å². The van der Waals surface area contributed by atoms with E-state index in [0.717, 1.165) is 19.1 Å². The van der Waals surface area contributed by atoms with Gasteiger partial charge in [0.2, 0.25) is 0 Å². The topological polar surface area (TPSA) is 0 Å². The third kappa shape index (κ3) is 3.79. The first kappa shape index (κ1) is 24.2. The highest BCUT2D eigenvalue weighted by Gasteiger charge is 2.75. The molecular formula is C23H18F9. The lowest BCUT2D eigenvalue weighted by molar-refractivity contribution is -0.327. The Labute approximate surface area is 178 Å². The summed E-state index contributed by atoms with van der Waals surface area (Å²) in [5.41, 5.74) is -11.6. The standard InChI is InChI=1S/C23H18F9/c1-19(15-7-3-5-9-17(15)24)11-14(21(26,22(27,28)29)23(30,31)32)12-20(2,13-19)16-8-4-6-10-18(16)25/h3-11,13H,12H2,1-2H3. The van der Waals surface area contributed by atoms with Gasteiger partial charge in [-0.3, -0.25) is 0 Å². The Morgan fingerprint density at radius 2 is 1.12 bits per heavy atom. The molecule has 0 fully saturated rings. The summed E-state index contributed by atoms with van der Waals surface area (Å²) in [6.45, 7) is 2.36. The molecular weight excluding hydrogens is 447 g/mol. The first-order valence-corrected chi connectivity index (χ1v) is 9.47. The van der Waals surface area contributed by atoms with Gasteiger partial charge in [0, 0.05) is 10.8 Å². The summed E-state index contributed by atoms with van der Waals surface area (Å²) in [5, 5.41) is 0. The highest BCUT2D eigenvalue weighted by atomic mass is 19.4. The fourth-order valence-corrected chi connectivity index (χ4v) is 4.46. The Kier molecular flexibility index (Phi) is 5.71. The van der Waals surface area contributed by atoms with E-state index in [1.54, 1.807) is 0 Å². The minimum atomic E-state index is -6.35. The van der Waals surface area contributed by atoms with Crippen molar-refractivity contribution in [1.82, 2.24) is 0 Å². The molecule has 0 bridgehead atoms. The molecule has 0 saturated carbocycles. The lowest BCUT2D eigenvalue weighted by Crippen LogP contribution is -2.57. The van der Waals surface area contributed by atoms with E-state index >= 15 is 4.39 Å². The van der Waals surface area contributed by atoms with Gasteiger partial charge in [0.1, 0.15) is 11.6 Å². The third-order valence-electron chi connectivity index (χ3n) is 5.82. The van der Waals surface area contributed by atoms with Crippen LogP contribution >= 0.6 is 0 Å². The van der Waals surface area contributed by atoms with Crippen LogP contribution < -0.4 is 0 Å². The first-order chi connectivity index (χ1) is 14.6. The summed E-state index contributed by atoms with van der Waals surface area (Å²) < 4.78 is 126. The summed E-state index contributed by atoms with van der Waals surface area (Å²) in [5.74, 6) is -1.81. The molecule has 0 aliphatic heterocycles. The van der Waals surface area contributed by atoms with Crippen molar-refractivity contribution in [3.05, 3.63) is 89.4 Å². The molecule has 0 N–H and O–H groups in total. The Hall–Kier alpha value is -2.45. The molecule has 2 aromatic rings. The maximum Gasteiger partial charge on any atom is 0.435 e. The van der Waals surface area contributed by atoms with Crippen molar-refractivity contribution in [3.8, 4) is 0 Å². The number of alkyl halides is 7. The molecule has 32 heavy (non-hydrogen) atoms. The lowest BCUT2D eigenvalue weighted by atomic mass is 9.58. The van der Waals surface area contributed by atoms with Crippen LogP contribution in [0, 0.1) is 18.1 Å². The molecule has 0 spiro atoms. The largest absolute Gasteiger partial charge is 0.435 e. The SMILES string of the molecule is CC1(c2ccccc2F)[CH]C(C)(c2ccccc2F)CC(C(F)(C(F)(F)F)C(F)(F)F)=C1. The molecule has 1 aliphatic rings. The van der Waals surface area contributed by atoms with Gasteiger partial charge in [-0.2, -0.15) is 26.3 Å². The summed E-state index contributed by atoms with van der Waals surface area (Å²) in [6.07, 6.45) is -12.1. The van der Waals surface area contributed by atoms with E-state index in [4.69, 9.17) is 0 Å². The number of rotatable bonds is 3. The van der Waals surface area contributed by atoms with Gasteiger partial charge in [-0.25, -0.2) is 13.2 Å². The third-order valence-corrected chi connectivity index (χ3v) is 5.82. The number of hydrogen-bond acceptors (Lipinski definition) is 0. The van der Waals surface area contributed by atoms with Crippen molar-refractivity contribution in [2.45, 2.75) is 49.1 Å². The van der Waals surface area contributed by atoms with E-state index in [2.05, 4.69) is 0 Å². The molecule has 2 unspecified atom stereocenters. The Balaban J connectivity index is 2.34. The van der Waals surface area contributed by atoms with Crippen LogP contribution in [0.25, 0.3) is 0 Å². The van der Waals surface area contributed by atoms with Crippen molar-refractivity contribution in [3.63, 3.8) is 0 Å². The van der Waals surface area contributed by atoms with E-state index in [-0.39, 0.29) is 11.1 Å². The van der Waals surface area contributed by atoms with E-state index in [9.17, 15) is 35.1 Å². The quantitative estimate of drug-likeness (QED) is 0.324. The summed E-state index contributed by atoms with van der Waals surface area (Å²) >= 11 is 0. The van der Waals surface area contributed by atoms with Crippen molar-refractivity contribution in [2.24, 2.45) is 0 Å². The minimum Gasteiger partial charge on any atom is -0.219 e. The molecule has 0 saturated heterocycles. The van der Waals surface area contributed by atoms with Crippen molar-refractivity contribution in [1.29, 1.82) is 0 Å². The Morgan fingerprint density at radius 3 is 1.56 bits per heavy atom. The predicted octanol–water partition coefficient (Wildman–Crippen LogP) is 7.55. The highest BCUT2D eigenvalue weighted by Crippen LogP contribution is 2.58. The number of halogens is 9. The molecule has 3 rings (SSSR count). The number of benzene rings is 2. The van der Waals surface area contributed by atoms with Crippen LogP contribution in [0.1, 0.15) is 31.4 Å². The molecule has 1 aliphatic carbocycles. The maximum absolute atomic E-state index is 15.1. The second-order valence-electron chi connectivity index (χ2n) is 8.30. The zero-order chi connectivity index (χ0) is 24.2. The molecule has 0 heterocycles. The first-order valence-electron chi connectivity index (χ1n) is 9.47. The Bertz CT molecular complexity index is 1020. The van der Waals surface area contributed by atoms with Crippen LogP contribution in [0.5, 0.6) is 0 Å². The molecule has 2 atom stereocenters. The molecule has 9 heteroatoms. The van der Waals surface area contributed by atoms with Crippen LogP contribution in [-0.2, 0) is 10.8 Å². The van der Waals surface area contributed by atoms with Gasteiger partial charge in [-0.15, -0.1) is 0 Å². The van der Waals surface area contributed by atoms with Gasteiger partial charge >= 0.3 is 18.0 Å². The van der Waals surface area contributed by atoms with Gasteiger partial charge in [-0.1, -0.05) is 56.3 Å². The second-order valence-corrected chi connectivity index (χ2v) is 8.30. The zero-order valence-corrected chi connectivity index (χ0v) is 16.9. The smallest absolute Gasteiger partial charge is 0.219 e. The van der Waals surface area contributed by atoms with E-state index in [0.29, 0.717) is 6.08 Å². The molecule has 1 radical (unpaired) electrons. The van der Waals surface area contributed by atoms with Crippen molar-refractivity contribution < 1.29 is 39.5 Å². The fourth-order valence-electron chi connectivity index (χ4n) is 4.46. The van der Waals surface area contributed by atoms with Gasteiger partial charge in [0.05, 0.1) is 0 Å². The van der Waals surface area contributed by atoms with E-state index in [1.165, 1.54) is 49.7 Å². The van der Waals surface area contributed by atoms with Crippen molar-refractivity contribution in [2.75, 3.05) is 0 Å².